The lowest BCUT2D eigenvalue weighted by atomic mass is 10.3. The number of aromatic nitrogens is 3. The van der Waals surface area contributed by atoms with Crippen LogP contribution in [0.3, 0.4) is 0 Å². The second-order valence-electron chi connectivity index (χ2n) is 2.92. The molecule has 0 amide bonds. The number of anilines is 2. The average molecular weight is 399 g/mol. The van der Waals surface area contributed by atoms with Crippen molar-refractivity contribution in [3.8, 4) is 0 Å². The Kier molecular flexibility index (Phi) is 4.19. The molecule has 0 fully saturated rings. The van der Waals surface area contributed by atoms with Crippen LogP contribution in [0.5, 0.6) is 0 Å². The number of rotatable bonds is 2. The first-order valence-corrected chi connectivity index (χ1v) is 6.68. The van der Waals surface area contributed by atoms with E-state index in [-0.39, 0.29) is 16.5 Å². The molecule has 0 atom stereocenters. The van der Waals surface area contributed by atoms with Gasteiger partial charge in [0.2, 0.25) is 16.5 Å². The van der Waals surface area contributed by atoms with E-state index < -0.39 is 0 Å². The monoisotopic (exact) mass is 396 g/mol. The SMILES string of the molecule is Clc1nc(Cl)nc(Nc2cccc(Br)c2Br)n1. The second kappa shape index (κ2) is 5.48. The molecule has 0 spiro atoms. The van der Waals surface area contributed by atoms with Gasteiger partial charge in [0.1, 0.15) is 0 Å². The Morgan fingerprint density at radius 2 is 1.65 bits per heavy atom. The third-order valence-electron chi connectivity index (χ3n) is 1.78. The van der Waals surface area contributed by atoms with Gasteiger partial charge < -0.3 is 5.32 Å². The summed E-state index contributed by atoms with van der Waals surface area (Å²) in [7, 11) is 0. The van der Waals surface area contributed by atoms with Crippen LogP contribution in [0, 0.1) is 0 Å². The maximum Gasteiger partial charge on any atom is 0.232 e. The predicted molar refractivity (Wildman–Crippen MR) is 75.0 cm³/mol. The molecule has 0 aliphatic heterocycles. The minimum absolute atomic E-state index is 0.0404. The summed E-state index contributed by atoms with van der Waals surface area (Å²) in [6, 6.07) is 5.64. The highest BCUT2D eigenvalue weighted by atomic mass is 79.9. The van der Waals surface area contributed by atoms with Gasteiger partial charge in [0, 0.05) is 4.47 Å². The Balaban J connectivity index is 2.34. The van der Waals surface area contributed by atoms with E-state index in [0.717, 1.165) is 14.6 Å². The molecule has 88 valence electrons. The maximum atomic E-state index is 5.68. The Morgan fingerprint density at radius 1 is 1.00 bits per heavy atom. The van der Waals surface area contributed by atoms with Gasteiger partial charge in [-0.1, -0.05) is 6.07 Å². The number of nitrogens with one attached hydrogen (secondary N) is 1. The quantitative estimate of drug-likeness (QED) is 0.812. The molecule has 0 saturated carbocycles. The molecule has 1 N–H and O–H groups in total. The van der Waals surface area contributed by atoms with Gasteiger partial charge >= 0.3 is 0 Å². The van der Waals surface area contributed by atoms with Crippen LogP contribution in [0.4, 0.5) is 11.6 Å². The fourth-order valence-corrected chi connectivity index (χ4v) is 2.20. The number of nitrogens with zero attached hydrogens (tertiary/aromatic N) is 3. The van der Waals surface area contributed by atoms with Gasteiger partial charge in [-0.15, -0.1) is 0 Å². The van der Waals surface area contributed by atoms with E-state index in [4.69, 9.17) is 23.2 Å². The Bertz CT molecular complexity index is 544. The van der Waals surface area contributed by atoms with Crippen molar-refractivity contribution in [2.75, 3.05) is 5.32 Å². The summed E-state index contributed by atoms with van der Waals surface area (Å²) >= 11 is 18.2. The van der Waals surface area contributed by atoms with Crippen LogP contribution in [-0.2, 0) is 0 Å². The van der Waals surface area contributed by atoms with Gasteiger partial charge in [0.15, 0.2) is 0 Å². The van der Waals surface area contributed by atoms with Crippen molar-refractivity contribution >= 4 is 66.7 Å². The molecule has 1 aromatic heterocycles. The van der Waals surface area contributed by atoms with E-state index in [1.807, 2.05) is 18.2 Å². The highest BCUT2D eigenvalue weighted by Gasteiger charge is 2.07. The van der Waals surface area contributed by atoms with Crippen molar-refractivity contribution in [2.45, 2.75) is 0 Å². The first-order valence-electron chi connectivity index (χ1n) is 4.34. The standard InChI is InChI=1S/C9H4Br2Cl2N4/c10-4-2-1-3-5(6(4)11)14-9-16-7(12)15-8(13)17-9/h1-3H,(H,14,15,16,17). The Hall–Kier alpha value is -0.430. The molecule has 2 aromatic rings. The molecule has 0 saturated heterocycles. The Morgan fingerprint density at radius 3 is 2.29 bits per heavy atom. The van der Waals surface area contributed by atoms with Gasteiger partial charge in [0.25, 0.3) is 0 Å². The first-order chi connectivity index (χ1) is 8.06. The van der Waals surface area contributed by atoms with Crippen molar-refractivity contribution in [1.82, 2.24) is 15.0 Å². The lowest BCUT2D eigenvalue weighted by molar-refractivity contribution is 1.05. The normalized spacial score (nSPS) is 10.4. The largest absolute Gasteiger partial charge is 0.323 e. The summed E-state index contributed by atoms with van der Waals surface area (Å²) in [5.41, 5.74) is 0.790. The summed E-state index contributed by atoms with van der Waals surface area (Å²) in [6.45, 7) is 0. The van der Waals surface area contributed by atoms with Crippen LogP contribution in [-0.4, -0.2) is 15.0 Å². The fourth-order valence-electron chi connectivity index (χ4n) is 1.10. The van der Waals surface area contributed by atoms with Crippen LogP contribution in [0.1, 0.15) is 0 Å². The number of halogens is 4. The molecule has 4 nitrogen and oxygen atoms in total. The molecule has 0 bridgehead atoms. The van der Waals surface area contributed by atoms with Crippen molar-refractivity contribution in [2.24, 2.45) is 0 Å². The zero-order valence-electron chi connectivity index (χ0n) is 8.09. The average Bonchev–Trinajstić information content (AvgIpc) is 2.23. The lowest BCUT2D eigenvalue weighted by Crippen LogP contribution is -2.00. The van der Waals surface area contributed by atoms with Crippen LogP contribution in [0.2, 0.25) is 10.6 Å². The molecular weight excluding hydrogens is 395 g/mol. The fraction of sp³-hybridized carbons (Fsp3) is 0. The van der Waals surface area contributed by atoms with Crippen molar-refractivity contribution < 1.29 is 0 Å². The third-order valence-corrected chi connectivity index (χ3v) is 4.16. The molecule has 2 rings (SSSR count). The maximum absolute atomic E-state index is 5.68. The van der Waals surface area contributed by atoms with Gasteiger partial charge in [-0.3, -0.25) is 0 Å². The van der Waals surface area contributed by atoms with Gasteiger partial charge in [-0.25, -0.2) is 0 Å². The van der Waals surface area contributed by atoms with Crippen molar-refractivity contribution in [3.63, 3.8) is 0 Å². The van der Waals surface area contributed by atoms with E-state index in [9.17, 15) is 0 Å². The van der Waals surface area contributed by atoms with E-state index in [2.05, 4.69) is 52.1 Å². The second-order valence-corrected chi connectivity index (χ2v) is 5.25. The van der Waals surface area contributed by atoms with Gasteiger partial charge in [-0.2, -0.15) is 15.0 Å². The summed E-state index contributed by atoms with van der Waals surface area (Å²) in [5.74, 6) is 0.286. The third kappa shape index (κ3) is 3.28. The summed E-state index contributed by atoms with van der Waals surface area (Å²) in [4.78, 5) is 11.5. The molecule has 0 aliphatic carbocycles. The van der Waals surface area contributed by atoms with Crippen LogP contribution in [0.15, 0.2) is 27.1 Å². The number of benzene rings is 1. The molecule has 0 unspecified atom stereocenters. The number of hydrogen-bond acceptors (Lipinski definition) is 4. The zero-order chi connectivity index (χ0) is 12.4. The van der Waals surface area contributed by atoms with Crippen LogP contribution in [0.25, 0.3) is 0 Å². The van der Waals surface area contributed by atoms with Crippen LogP contribution < -0.4 is 5.32 Å². The van der Waals surface area contributed by atoms with Crippen LogP contribution >= 0.6 is 55.1 Å². The van der Waals surface area contributed by atoms with E-state index in [1.54, 1.807) is 0 Å². The van der Waals surface area contributed by atoms with Crippen molar-refractivity contribution in [3.05, 3.63) is 37.7 Å². The molecular formula is C9H4Br2Cl2N4. The number of hydrogen-bond donors (Lipinski definition) is 1. The molecule has 17 heavy (non-hydrogen) atoms. The molecule has 8 heteroatoms. The molecule has 1 aromatic carbocycles. The summed E-state index contributed by atoms with van der Waals surface area (Å²) in [6.07, 6.45) is 0. The van der Waals surface area contributed by atoms with Crippen molar-refractivity contribution in [1.29, 1.82) is 0 Å². The molecule has 1 heterocycles. The van der Waals surface area contributed by atoms with Gasteiger partial charge in [0.05, 0.1) is 10.2 Å². The van der Waals surface area contributed by atoms with E-state index in [0.29, 0.717) is 0 Å². The zero-order valence-corrected chi connectivity index (χ0v) is 12.8. The molecule has 0 aliphatic rings. The smallest absolute Gasteiger partial charge is 0.232 e. The highest BCUT2D eigenvalue weighted by Crippen LogP contribution is 2.31. The van der Waals surface area contributed by atoms with Gasteiger partial charge in [-0.05, 0) is 67.2 Å². The Labute approximate surface area is 124 Å². The van der Waals surface area contributed by atoms with E-state index >= 15 is 0 Å². The topological polar surface area (TPSA) is 50.7 Å². The summed E-state index contributed by atoms with van der Waals surface area (Å²) < 4.78 is 1.77. The predicted octanol–water partition coefficient (Wildman–Crippen LogP) is 4.45. The summed E-state index contributed by atoms with van der Waals surface area (Å²) in [5, 5.41) is 3.07. The highest BCUT2D eigenvalue weighted by molar-refractivity contribution is 9.13. The molecule has 0 radical (unpaired) electrons. The van der Waals surface area contributed by atoms with E-state index in [1.165, 1.54) is 0 Å². The lowest BCUT2D eigenvalue weighted by Gasteiger charge is -2.08. The first kappa shape index (κ1) is 13.0. The minimum atomic E-state index is 0.0404. The minimum Gasteiger partial charge on any atom is -0.323 e.